The molecule has 1 unspecified atom stereocenters. The van der Waals surface area contributed by atoms with Gasteiger partial charge in [-0.1, -0.05) is 12.1 Å². The Bertz CT molecular complexity index is 724. The number of rotatable bonds is 8. The number of nitrogens with one attached hydrogen (secondary N) is 2. The first-order valence-corrected chi connectivity index (χ1v) is 11.8. The van der Waals surface area contributed by atoms with Crippen LogP contribution < -0.4 is 15.4 Å². The van der Waals surface area contributed by atoms with Crippen LogP contribution in [0.5, 0.6) is 5.75 Å². The van der Waals surface area contributed by atoms with Crippen molar-refractivity contribution < 1.29 is 9.53 Å². The normalized spacial score (nSPS) is 19.3. The lowest BCUT2D eigenvalue weighted by Gasteiger charge is -2.34. The molecule has 0 spiro atoms. The van der Waals surface area contributed by atoms with E-state index < -0.39 is 0 Å². The molecule has 2 saturated heterocycles. The summed E-state index contributed by atoms with van der Waals surface area (Å²) in [6, 6.07) is 8.68. The van der Waals surface area contributed by atoms with E-state index in [1.807, 2.05) is 6.07 Å². The Morgan fingerprint density at radius 1 is 1.23 bits per heavy atom. The average molecular weight is 430 g/mol. The van der Waals surface area contributed by atoms with E-state index >= 15 is 0 Å². The highest BCUT2D eigenvalue weighted by molar-refractivity contribution is 5.80. The number of guanidine groups is 1. The van der Waals surface area contributed by atoms with Crippen molar-refractivity contribution in [3.63, 3.8) is 0 Å². The molecule has 2 fully saturated rings. The van der Waals surface area contributed by atoms with Crippen molar-refractivity contribution in [1.82, 2.24) is 20.4 Å². The third-order valence-electron chi connectivity index (χ3n) is 6.48. The molecular formula is C24H39N5O2. The topological polar surface area (TPSA) is 69.2 Å². The SMILES string of the molecule is CCNC(=NCC(c1cccc(OC)c1)N1CCCC1)N1CCC(CC(=O)NC)CC1. The number of likely N-dealkylation sites (tertiary alicyclic amines) is 2. The van der Waals surface area contributed by atoms with E-state index in [0.29, 0.717) is 12.3 Å². The van der Waals surface area contributed by atoms with Crippen LogP contribution in [0.3, 0.4) is 0 Å². The fourth-order valence-corrected chi connectivity index (χ4v) is 4.65. The zero-order valence-electron chi connectivity index (χ0n) is 19.4. The second-order valence-corrected chi connectivity index (χ2v) is 8.54. The lowest BCUT2D eigenvalue weighted by atomic mass is 9.93. The van der Waals surface area contributed by atoms with Gasteiger partial charge in [0.2, 0.25) is 5.91 Å². The van der Waals surface area contributed by atoms with Gasteiger partial charge in [0, 0.05) is 33.1 Å². The van der Waals surface area contributed by atoms with E-state index in [2.05, 4.69) is 45.6 Å². The second kappa shape index (κ2) is 11.9. The molecule has 31 heavy (non-hydrogen) atoms. The number of benzene rings is 1. The van der Waals surface area contributed by atoms with E-state index in [0.717, 1.165) is 63.8 Å². The number of nitrogens with zero attached hydrogens (tertiary/aromatic N) is 3. The lowest BCUT2D eigenvalue weighted by Crippen LogP contribution is -2.46. The maximum Gasteiger partial charge on any atom is 0.220 e. The lowest BCUT2D eigenvalue weighted by molar-refractivity contribution is -0.121. The Balaban J connectivity index is 1.69. The maximum atomic E-state index is 11.7. The smallest absolute Gasteiger partial charge is 0.220 e. The van der Waals surface area contributed by atoms with E-state index in [1.165, 1.54) is 18.4 Å². The molecule has 0 bridgehead atoms. The van der Waals surface area contributed by atoms with Crippen molar-refractivity contribution in [2.45, 2.75) is 45.1 Å². The molecule has 0 aromatic heterocycles. The minimum Gasteiger partial charge on any atom is -0.497 e. The van der Waals surface area contributed by atoms with Crippen LogP contribution in [0.1, 0.15) is 50.6 Å². The number of piperidine rings is 1. The van der Waals surface area contributed by atoms with Gasteiger partial charge >= 0.3 is 0 Å². The first-order chi connectivity index (χ1) is 15.1. The predicted octanol–water partition coefficient (Wildman–Crippen LogP) is 2.65. The Morgan fingerprint density at radius 2 is 1.97 bits per heavy atom. The number of methoxy groups -OCH3 is 1. The highest BCUT2D eigenvalue weighted by Gasteiger charge is 2.26. The van der Waals surface area contributed by atoms with Crippen LogP contribution in [-0.2, 0) is 4.79 Å². The van der Waals surface area contributed by atoms with Crippen LogP contribution >= 0.6 is 0 Å². The van der Waals surface area contributed by atoms with Gasteiger partial charge in [-0.05, 0) is 69.3 Å². The second-order valence-electron chi connectivity index (χ2n) is 8.54. The van der Waals surface area contributed by atoms with E-state index in [1.54, 1.807) is 14.2 Å². The first kappa shape index (κ1) is 23.4. The third-order valence-corrected chi connectivity index (χ3v) is 6.48. The highest BCUT2D eigenvalue weighted by atomic mass is 16.5. The van der Waals surface area contributed by atoms with Crippen LogP contribution in [0.2, 0.25) is 0 Å². The van der Waals surface area contributed by atoms with Crippen LogP contribution in [0.25, 0.3) is 0 Å². The molecule has 0 radical (unpaired) electrons. The zero-order chi connectivity index (χ0) is 22.1. The van der Waals surface area contributed by atoms with Crippen molar-refractivity contribution >= 4 is 11.9 Å². The van der Waals surface area contributed by atoms with Crippen molar-refractivity contribution in [2.24, 2.45) is 10.9 Å². The quantitative estimate of drug-likeness (QED) is 0.491. The molecule has 2 aliphatic rings. The van der Waals surface area contributed by atoms with Crippen LogP contribution in [0.15, 0.2) is 29.3 Å². The summed E-state index contributed by atoms with van der Waals surface area (Å²) in [7, 11) is 3.44. The van der Waals surface area contributed by atoms with E-state index in [-0.39, 0.29) is 11.9 Å². The van der Waals surface area contributed by atoms with Crippen molar-refractivity contribution in [2.75, 3.05) is 53.4 Å². The van der Waals surface area contributed by atoms with E-state index in [9.17, 15) is 4.79 Å². The van der Waals surface area contributed by atoms with Gasteiger partial charge in [-0.2, -0.15) is 0 Å². The van der Waals surface area contributed by atoms with Crippen LogP contribution in [0, 0.1) is 5.92 Å². The number of ether oxygens (including phenoxy) is 1. The summed E-state index contributed by atoms with van der Waals surface area (Å²) in [4.78, 5) is 21.7. The van der Waals surface area contributed by atoms with Gasteiger partial charge < -0.3 is 20.3 Å². The number of hydrogen-bond acceptors (Lipinski definition) is 4. The minimum absolute atomic E-state index is 0.144. The number of amides is 1. The third kappa shape index (κ3) is 6.60. The molecule has 2 heterocycles. The predicted molar refractivity (Wildman–Crippen MR) is 126 cm³/mol. The Kier molecular flexibility index (Phi) is 9.00. The Morgan fingerprint density at radius 3 is 2.61 bits per heavy atom. The highest BCUT2D eigenvalue weighted by Crippen LogP contribution is 2.28. The summed E-state index contributed by atoms with van der Waals surface area (Å²) in [6.45, 7) is 7.84. The van der Waals surface area contributed by atoms with Gasteiger partial charge in [0.05, 0.1) is 19.7 Å². The molecule has 1 aromatic rings. The van der Waals surface area contributed by atoms with Crippen LogP contribution in [0.4, 0.5) is 0 Å². The Hall–Kier alpha value is -2.28. The molecule has 2 aliphatic heterocycles. The average Bonchev–Trinajstić information content (AvgIpc) is 3.34. The van der Waals surface area contributed by atoms with E-state index in [4.69, 9.17) is 9.73 Å². The summed E-state index contributed by atoms with van der Waals surface area (Å²) in [6.07, 6.45) is 5.20. The van der Waals surface area contributed by atoms with Gasteiger partial charge in [0.1, 0.15) is 5.75 Å². The summed E-state index contributed by atoms with van der Waals surface area (Å²) < 4.78 is 5.47. The number of aliphatic imine (C=N–C) groups is 1. The number of hydrogen-bond donors (Lipinski definition) is 2. The molecule has 1 aromatic carbocycles. The Labute approximate surface area is 187 Å². The number of carbonyl (C=O) groups is 1. The summed E-state index contributed by atoms with van der Waals surface area (Å²) >= 11 is 0. The van der Waals surface area contributed by atoms with Crippen molar-refractivity contribution in [3.8, 4) is 5.75 Å². The van der Waals surface area contributed by atoms with Gasteiger partial charge in [0.25, 0.3) is 0 Å². The fourth-order valence-electron chi connectivity index (χ4n) is 4.65. The molecule has 1 amide bonds. The maximum absolute atomic E-state index is 11.7. The summed E-state index contributed by atoms with van der Waals surface area (Å²) in [5, 5.41) is 6.24. The molecule has 2 N–H and O–H groups in total. The van der Waals surface area contributed by atoms with Gasteiger partial charge in [-0.25, -0.2) is 0 Å². The molecule has 172 valence electrons. The van der Waals surface area contributed by atoms with Gasteiger partial charge in [-0.15, -0.1) is 0 Å². The number of carbonyl (C=O) groups excluding carboxylic acids is 1. The monoisotopic (exact) mass is 429 g/mol. The first-order valence-electron chi connectivity index (χ1n) is 11.8. The van der Waals surface area contributed by atoms with Gasteiger partial charge in [0.15, 0.2) is 5.96 Å². The van der Waals surface area contributed by atoms with Crippen molar-refractivity contribution in [1.29, 1.82) is 0 Å². The molecule has 0 saturated carbocycles. The summed E-state index contributed by atoms with van der Waals surface area (Å²) in [5.41, 5.74) is 1.27. The molecule has 7 nitrogen and oxygen atoms in total. The van der Waals surface area contributed by atoms with Crippen molar-refractivity contribution in [3.05, 3.63) is 29.8 Å². The molecule has 7 heteroatoms. The largest absolute Gasteiger partial charge is 0.497 e. The molecular weight excluding hydrogens is 390 g/mol. The standard InChI is InChI=1S/C24H39N5O2/c1-4-26-24(29-14-10-19(11-15-29)16-23(30)25-2)27-18-22(28-12-5-6-13-28)20-8-7-9-21(17-20)31-3/h7-9,17,19,22H,4-6,10-16,18H2,1-3H3,(H,25,30)(H,26,27). The minimum atomic E-state index is 0.144. The molecule has 1 atom stereocenters. The summed E-state index contributed by atoms with van der Waals surface area (Å²) in [5.74, 6) is 2.50. The zero-order valence-corrected chi connectivity index (χ0v) is 19.4. The van der Waals surface area contributed by atoms with Gasteiger partial charge in [-0.3, -0.25) is 14.7 Å². The molecule has 3 rings (SSSR count). The fraction of sp³-hybridized carbons (Fsp3) is 0.667. The van der Waals surface area contributed by atoms with Crippen LogP contribution in [-0.4, -0.2) is 75.1 Å². The molecule has 0 aliphatic carbocycles.